The lowest BCUT2D eigenvalue weighted by Gasteiger charge is -2.18. The SMILES string of the molecule is COC(=O)c1cc2c([nH]c3ccccc32)c(C(=O)N(N)c2ccc(Cl)cc2Cl)n1. The molecule has 0 aliphatic heterocycles. The monoisotopic (exact) mass is 428 g/mol. The van der Waals surface area contributed by atoms with Gasteiger partial charge in [0.1, 0.15) is 5.69 Å². The lowest BCUT2D eigenvalue weighted by molar-refractivity contribution is 0.0594. The maximum Gasteiger partial charge on any atom is 0.356 e. The van der Waals surface area contributed by atoms with Crippen molar-refractivity contribution < 1.29 is 14.3 Å². The van der Waals surface area contributed by atoms with E-state index in [2.05, 4.69) is 9.97 Å². The van der Waals surface area contributed by atoms with Crippen LogP contribution in [0.1, 0.15) is 21.0 Å². The van der Waals surface area contributed by atoms with Gasteiger partial charge in [-0.15, -0.1) is 0 Å². The highest BCUT2D eigenvalue weighted by molar-refractivity contribution is 6.37. The second-order valence-corrected chi connectivity index (χ2v) is 7.06. The first-order valence-corrected chi connectivity index (χ1v) is 9.20. The van der Waals surface area contributed by atoms with Crippen molar-refractivity contribution in [1.82, 2.24) is 9.97 Å². The third-order valence-electron chi connectivity index (χ3n) is 4.48. The predicted octanol–water partition coefficient (Wildman–Crippen LogP) is 4.33. The number of nitrogens with zero attached hydrogens (tertiary/aromatic N) is 2. The first kappa shape index (κ1) is 19.2. The minimum Gasteiger partial charge on any atom is -0.464 e. The number of hydrogen-bond acceptors (Lipinski definition) is 5. The number of rotatable bonds is 3. The lowest BCUT2D eigenvalue weighted by Crippen LogP contribution is -2.38. The highest BCUT2D eigenvalue weighted by atomic mass is 35.5. The van der Waals surface area contributed by atoms with Crippen LogP contribution in [0.2, 0.25) is 10.0 Å². The van der Waals surface area contributed by atoms with Gasteiger partial charge >= 0.3 is 5.97 Å². The van der Waals surface area contributed by atoms with Crippen molar-refractivity contribution >= 4 is 62.6 Å². The predicted molar refractivity (Wildman–Crippen MR) is 112 cm³/mol. The number of anilines is 1. The van der Waals surface area contributed by atoms with Gasteiger partial charge in [-0.05, 0) is 30.3 Å². The number of nitrogens with one attached hydrogen (secondary N) is 1. The zero-order valence-electron chi connectivity index (χ0n) is 15.1. The van der Waals surface area contributed by atoms with E-state index in [0.29, 0.717) is 15.9 Å². The van der Waals surface area contributed by atoms with Gasteiger partial charge in [0.05, 0.1) is 23.3 Å². The van der Waals surface area contributed by atoms with Crippen LogP contribution < -0.4 is 10.9 Å². The largest absolute Gasteiger partial charge is 0.464 e. The average Bonchev–Trinajstić information content (AvgIpc) is 3.10. The first-order valence-electron chi connectivity index (χ1n) is 8.44. The third-order valence-corrected chi connectivity index (χ3v) is 5.02. The van der Waals surface area contributed by atoms with Crippen LogP contribution in [-0.2, 0) is 4.74 Å². The molecule has 0 aliphatic carbocycles. The van der Waals surface area contributed by atoms with Gasteiger partial charge in [0.25, 0.3) is 5.91 Å². The molecule has 9 heteroatoms. The summed E-state index contributed by atoms with van der Waals surface area (Å²) < 4.78 is 4.78. The molecule has 2 heterocycles. The molecular formula is C20H14Cl2N4O3. The number of ether oxygens (including phenoxy) is 1. The molecule has 2 aromatic heterocycles. The fraction of sp³-hybridized carbons (Fsp3) is 0.0500. The summed E-state index contributed by atoms with van der Waals surface area (Å²) in [4.78, 5) is 32.7. The Morgan fingerprint density at radius 3 is 2.59 bits per heavy atom. The Hall–Kier alpha value is -3.13. The number of carbonyl (C=O) groups is 2. The summed E-state index contributed by atoms with van der Waals surface area (Å²) in [6.07, 6.45) is 0. The second kappa shape index (κ2) is 7.36. The van der Waals surface area contributed by atoms with E-state index >= 15 is 0 Å². The molecule has 146 valence electrons. The van der Waals surface area contributed by atoms with E-state index in [9.17, 15) is 9.59 Å². The van der Waals surface area contributed by atoms with Gasteiger partial charge in [0, 0.05) is 21.3 Å². The highest BCUT2D eigenvalue weighted by Gasteiger charge is 2.25. The van der Waals surface area contributed by atoms with Crippen LogP contribution in [0.25, 0.3) is 21.8 Å². The van der Waals surface area contributed by atoms with E-state index in [-0.39, 0.29) is 22.1 Å². The Morgan fingerprint density at radius 1 is 1.10 bits per heavy atom. The summed E-state index contributed by atoms with van der Waals surface area (Å²) >= 11 is 12.1. The number of pyridine rings is 1. The minimum atomic E-state index is -0.667. The van der Waals surface area contributed by atoms with E-state index < -0.39 is 11.9 Å². The summed E-state index contributed by atoms with van der Waals surface area (Å²) in [6, 6.07) is 13.6. The number of H-pyrrole nitrogens is 1. The molecule has 3 N–H and O–H groups in total. The fourth-order valence-electron chi connectivity index (χ4n) is 3.11. The topological polar surface area (TPSA) is 101 Å². The standard InChI is InChI=1S/C20H14Cl2N4O3/c1-29-20(28)15-9-12-11-4-2-3-5-14(11)24-17(12)18(25-15)19(27)26(23)16-7-6-10(21)8-13(16)22/h2-9,24H,23H2,1H3. The number of aromatic amines is 1. The number of esters is 1. The number of hydrazine groups is 1. The molecule has 0 unspecified atom stereocenters. The summed E-state index contributed by atoms with van der Waals surface area (Å²) in [6.45, 7) is 0. The molecule has 0 spiro atoms. The number of hydrogen-bond donors (Lipinski definition) is 2. The molecule has 4 rings (SSSR count). The van der Waals surface area contributed by atoms with Crippen molar-refractivity contribution in [3.05, 3.63) is 70.0 Å². The molecular weight excluding hydrogens is 415 g/mol. The number of methoxy groups -OCH3 is 1. The quantitative estimate of drug-likeness (QED) is 0.219. The molecule has 0 radical (unpaired) electrons. The van der Waals surface area contributed by atoms with Gasteiger partial charge in [-0.3, -0.25) is 4.79 Å². The van der Waals surface area contributed by atoms with Gasteiger partial charge < -0.3 is 9.72 Å². The molecule has 1 amide bonds. The van der Waals surface area contributed by atoms with E-state index in [1.54, 1.807) is 12.1 Å². The van der Waals surface area contributed by atoms with Crippen molar-refractivity contribution in [2.75, 3.05) is 12.1 Å². The van der Waals surface area contributed by atoms with Gasteiger partial charge in [-0.25, -0.2) is 20.6 Å². The van der Waals surface area contributed by atoms with E-state index in [4.69, 9.17) is 33.8 Å². The van der Waals surface area contributed by atoms with Crippen LogP contribution in [-0.4, -0.2) is 29.0 Å². The number of nitrogens with two attached hydrogens (primary N) is 1. The molecule has 0 saturated carbocycles. The van der Waals surface area contributed by atoms with Gasteiger partial charge in [-0.2, -0.15) is 0 Å². The molecule has 0 atom stereocenters. The van der Waals surface area contributed by atoms with Crippen molar-refractivity contribution in [1.29, 1.82) is 0 Å². The van der Waals surface area contributed by atoms with Crippen molar-refractivity contribution in [2.45, 2.75) is 0 Å². The first-order chi connectivity index (χ1) is 13.9. The molecule has 7 nitrogen and oxygen atoms in total. The Morgan fingerprint density at radius 2 is 1.86 bits per heavy atom. The highest BCUT2D eigenvalue weighted by Crippen LogP contribution is 2.31. The van der Waals surface area contributed by atoms with E-state index in [1.165, 1.54) is 19.2 Å². The maximum absolute atomic E-state index is 13.2. The van der Waals surface area contributed by atoms with Crippen molar-refractivity contribution in [2.24, 2.45) is 5.84 Å². The van der Waals surface area contributed by atoms with Crippen LogP contribution in [0.3, 0.4) is 0 Å². The Bertz CT molecular complexity index is 1290. The van der Waals surface area contributed by atoms with Gasteiger partial charge in [0.15, 0.2) is 5.69 Å². The number of aromatic nitrogens is 2. The Balaban J connectivity index is 1.93. The number of benzene rings is 2. The lowest BCUT2D eigenvalue weighted by atomic mass is 10.1. The number of fused-ring (bicyclic) bond motifs is 3. The van der Waals surface area contributed by atoms with Crippen molar-refractivity contribution in [3.8, 4) is 0 Å². The van der Waals surface area contributed by atoms with E-state index in [1.807, 2.05) is 24.3 Å². The van der Waals surface area contributed by atoms with Gasteiger partial charge in [0.2, 0.25) is 0 Å². The zero-order chi connectivity index (χ0) is 20.7. The molecule has 0 fully saturated rings. The van der Waals surface area contributed by atoms with Crippen molar-refractivity contribution in [3.63, 3.8) is 0 Å². The summed E-state index contributed by atoms with van der Waals surface area (Å²) in [5, 5.41) is 2.95. The van der Waals surface area contributed by atoms with Crippen LogP contribution in [0.4, 0.5) is 5.69 Å². The normalized spacial score (nSPS) is 11.0. The molecule has 0 aliphatic rings. The number of amides is 1. The molecule has 0 bridgehead atoms. The van der Waals surface area contributed by atoms with Crippen LogP contribution in [0.15, 0.2) is 48.5 Å². The Kier molecular flexibility index (Phi) is 4.87. The van der Waals surface area contributed by atoms with Crippen LogP contribution in [0, 0.1) is 0 Å². The van der Waals surface area contributed by atoms with Crippen LogP contribution in [0.5, 0.6) is 0 Å². The van der Waals surface area contributed by atoms with E-state index in [0.717, 1.165) is 15.9 Å². The summed E-state index contributed by atoms with van der Waals surface area (Å²) in [5.74, 6) is 4.73. The number of carbonyl (C=O) groups excluding carboxylic acids is 2. The molecule has 29 heavy (non-hydrogen) atoms. The van der Waals surface area contributed by atoms with Gasteiger partial charge in [-0.1, -0.05) is 41.4 Å². The minimum absolute atomic E-state index is 0.0105. The zero-order valence-corrected chi connectivity index (χ0v) is 16.6. The Labute approximate surface area is 174 Å². The van der Waals surface area contributed by atoms with Crippen LogP contribution >= 0.6 is 23.2 Å². The third kappa shape index (κ3) is 3.29. The summed E-state index contributed by atoms with van der Waals surface area (Å²) in [7, 11) is 1.24. The molecule has 2 aromatic carbocycles. The second-order valence-electron chi connectivity index (χ2n) is 6.21. The smallest absolute Gasteiger partial charge is 0.356 e. The molecule has 0 saturated heterocycles. The summed E-state index contributed by atoms with van der Waals surface area (Å²) in [5.41, 5.74) is 1.43. The average molecular weight is 429 g/mol. The number of para-hydroxylation sites is 1. The number of halogens is 2. The maximum atomic E-state index is 13.2. The fourth-order valence-corrected chi connectivity index (χ4v) is 3.61. The molecule has 4 aromatic rings.